The van der Waals surface area contributed by atoms with Gasteiger partial charge in [0.05, 0.1) is 18.0 Å². The molecule has 0 aromatic carbocycles. The number of aromatic nitrogens is 2. The Hall–Kier alpha value is -1.09. The first kappa shape index (κ1) is 14.3. The molecule has 0 aliphatic carbocycles. The monoisotopic (exact) mass is 288 g/mol. The van der Waals surface area contributed by atoms with E-state index in [2.05, 4.69) is 4.98 Å². The third kappa shape index (κ3) is 2.48. The van der Waals surface area contributed by atoms with Crippen molar-refractivity contribution < 1.29 is 15.3 Å². The van der Waals surface area contributed by atoms with Gasteiger partial charge in [0.2, 0.25) is 0 Å². The van der Waals surface area contributed by atoms with Crippen molar-refractivity contribution >= 4 is 11.8 Å². The fourth-order valence-electron chi connectivity index (χ4n) is 2.08. The summed E-state index contributed by atoms with van der Waals surface area (Å²) >= 11 is 1.11. The van der Waals surface area contributed by atoms with Crippen LogP contribution in [-0.2, 0) is 6.42 Å². The van der Waals surface area contributed by atoms with Gasteiger partial charge in [0.15, 0.2) is 0 Å². The number of nitrogens with one attached hydrogen (secondary N) is 1. The predicted octanol–water partition coefficient (Wildman–Crippen LogP) is -1.57. The third-order valence-electron chi connectivity index (χ3n) is 3.21. The molecule has 0 spiro atoms. The number of H-pyrrole nitrogens is 1. The second-order valence-corrected chi connectivity index (χ2v) is 5.76. The van der Waals surface area contributed by atoms with E-state index < -0.39 is 34.1 Å². The van der Waals surface area contributed by atoms with Gasteiger partial charge in [0, 0.05) is 11.8 Å². The number of hydrogen-bond acceptors (Lipinski definition) is 6. The maximum absolute atomic E-state index is 11.8. The molecule has 1 aliphatic heterocycles. The minimum absolute atomic E-state index is 0.294. The highest BCUT2D eigenvalue weighted by Crippen LogP contribution is 2.40. The van der Waals surface area contributed by atoms with Gasteiger partial charge in [-0.1, -0.05) is 6.92 Å². The molecule has 106 valence electrons. The summed E-state index contributed by atoms with van der Waals surface area (Å²) < 4.78 is 1.20. The van der Waals surface area contributed by atoms with Gasteiger partial charge >= 0.3 is 5.69 Å². The maximum atomic E-state index is 11.8. The van der Waals surface area contributed by atoms with Crippen LogP contribution >= 0.6 is 11.8 Å². The Bertz CT molecular complexity index is 569. The van der Waals surface area contributed by atoms with E-state index in [1.54, 1.807) is 6.92 Å². The summed E-state index contributed by atoms with van der Waals surface area (Å²) in [5.41, 5.74) is -0.653. The van der Waals surface area contributed by atoms with Gasteiger partial charge < -0.3 is 15.3 Å². The standard InChI is InChI=1S/C11H16N2O5S/c1-2-5-3-13(11(18)12-9(5)17)10-8(16)7(15)6(4-14)19-10/h3,6-8,10,14-16H,2,4H2,1H3,(H,12,17,18)/t6-,7-,8+,10+/m1/s1. The number of aliphatic hydroxyl groups is 3. The molecule has 2 rings (SSSR count). The van der Waals surface area contributed by atoms with Crippen LogP contribution in [0.3, 0.4) is 0 Å². The lowest BCUT2D eigenvalue weighted by molar-refractivity contribution is 0.0101. The highest BCUT2D eigenvalue weighted by molar-refractivity contribution is 8.00. The highest BCUT2D eigenvalue weighted by atomic mass is 32.2. The minimum atomic E-state index is -1.17. The minimum Gasteiger partial charge on any atom is -0.395 e. The number of aromatic amines is 1. The van der Waals surface area contributed by atoms with Crippen molar-refractivity contribution in [1.82, 2.24) is 9.55 Å². The molecule has 0 radical (unpaired) electrons. The number of thioether (sulfide) groups is 1. The number of aryl methyl sites for hydroxylation is 1. The Morgan fingerprint density at radius 2 is 2.05 bits per heavy atom. The van der Waals surface area contributed by atoms with Crippen molar-refractivity contribution in [2.45, 2.75) is 36.2 Å². The second kappa shape index (κ2) is 5.49. The van der Waals surface area contributed by atoms with Crippen molar-refractivity contribution in [3.05, 3.63) is 32.6 Å². The first-order chi connectivity index (χ1) is 8.99. The van der Waals surface area contributed by atoms with Crippen LogP contribution in [0, 0.1) is 0 Å². The maximum Gasteiger partial charge on any atom is 0.329 e. The van der Waals surface area contributed by atoms with E-state index in [0.29, 0.717) is 12.0 Å². The summed E-state index contributed by atoms with van der Waals surface area (Å²) in [5, 5.41) is 27.5. The Morgan fingerprint density at radius 3 is 2.58 bits per heavy atom. The molecule has 0 unspecified atom stereocenters. The predicted molar refractivity (Wildman–Crippen MR) is 70.2 cm³/mol. The van der Waals surface area contributed by atoms with Crippen LogP contribution in [0.25, 0.3) is 0 Å². The Morgan fingerprint density at radius 1 is 1.37 bits per heavy atom. The molecule has 0 amide bonds. The number of rotatable bonds is 3. The normalized spacial score (nSPS) is 30.7. The second-order valence-electron chi connectivity index (χ2n) is 4.40. The zero-order valence-electron chi connectivity index (χ0n) is 10.3. The highest BCUT2D eigenvalue weighted by Gasteiger charge is 2.43. The molecule has 1 fully saturated rings. The largest absolute Gasteiger partial charge is 0.395 e. The number of aliphatic hydroxyl groups excluding tert-OH is 3. The fourth-order valence-corrected chi connectivity index (χ4v) is 3.45. The molecule has 1 aromatic rings. The average Bonchev–Trinajstić information content (AvgIpc) is 2.67. The van der Waals surface area contributed by atoms with E-state index in [4.69, 9.17) is 5.11 Å². The summed E-state index contributed by atoms with van der Waals surface area (Å²) in [7, 11) is 0. The molecule has 1 saturated heterocycles. The van der Waals surface area contributed by atoms with Gasteiger partial charge in [0.25, 0.3) is 5.56 Å². The summed E-state index contributed by atoms with van der Waals surface area (Å²) in [5.74, 6) is 0. The van der Waals surface area contributed by atoms with Crippen molar-refractivity contribution in [3.8, 4) is 0 Å². The summed E-state index contributed by atoms with van der Waals surface area (Å²) in [6.45, 7) is 1.49. The van der Waals surface area contributed by atoms with Crippen LogP contribution in [0.2, 0.25) is 0 Å². The van der Waals surface area contributed by atoms with E-state index in [1.807, 2.05) is 0 Å². The lowest BCUT2D eigenvalue weighted by Gasteiger charge is -2.18. The van der Waals surface area contributed by atoms with Gasteiger partial charge in [0.1, 0.15) is 11.5 Å². The Kier molecular flexibility index (Phi) is 4.14. The number of hydrogen-bond donors (Lipinski definition) is 4. The van der Waals surface area contributed by atoms with Gasteiger partial charge in [-0.3, -0.25) is 14.3 Å². The molecule has 1 aromatic heterocycles. The van der Waals surface area contributed by atoms with Crippen molar-refractivity contribution in [1.29, 1.82) is 0 Å². The van der Waals surface area contributed by atoms with E-state index in [0.717, 1.165) is 11.8 Å². The van der Waals surface area contributed by atoms with Crippen LogP contribution in [0.15, 0.2) is 15.8 Å². The van der Waals surface area contributed by atoms with E-state index in [1.165, 1.54) is 10.8 Å². The van der Waals surface area contributed by atoms with Gasteiger partial charge in [-0.2, -0.15) is 0 Å². The molecule has 0 bridgehead atoms. The molecule has 19 heavy (non-hydrogen) atoms. The van der Waals surface area contributed by atoms with E-state index in [9.17, 15) is 19.8 Å². The lowest BCUT2D eigenvalue weighted by atomic mass is 10.1. The van der Waals surface area contributed by atoms with Crippen molar-refractivity contribution in [2.75, 3.05) is 6.61 Å². The quantitative estimate of drug-likeness (QED) is 0.534. The fraction of sp³-hybridized carbons (Fsp3) is 0.636. The molecule has 4 atom stereocenters. The summed E-state index contributed by atoms with van der Waals surface area (Å²) in [6, 6.07) is 0. The first-order valence-corrected chi connectivity index (χ1v) is 6.90. The smallest absolute Gasteiger partial charge is 0.329 e. The van der Waals surface area contributed by atoms with E-state index in [-0.39, 0.29) is 6.61 Å². The summed E-state index contributed by atoms with van der Waals surface area (Å²) in [4.78, 5) is 25.4. The lowest BCUT2D eigenvalue weighted by Crippen LogP contribution is -2.38. The zero-order valence-corrected chi connectivity index (χ0v) is 11.1. The van der Waals surface area contributed by atoms with Crippen LogP contribution in [0.1, 0.15) is 17.9 Å². The van der Waals surface area contributed by atoms with Crippen LogP contribution in [0.4, 0.5) is 0 Å². The van der Waals surface area contributed by atoms with Crippen LogP contribution < -0.4 is 11.2 Å². The van der Waals surface area contributed by atoms with E-state index >= 15 is 0 Å². The molecule has 2 heterocycles. The van der Waals surface area contributed by atoms with Crippen LogP contribution in [0.5, 0.6) is 0 Å². The van der Waals surface area contributed by atoms with Crippen molar-refractivity contribution in [2.24, 2.45) is 0 Å². The molecular formula is C11H16N2O5S. The average molecular weight is 288 g/mol. The zero-order chi connectivity index (χ0) is 14.2. The van der Waals surface area contributed by atoms with Crippen LogP contribution in [-0.4, -0.2) is 48.9 Å². The molecule has 4 N–H and O–H groups in total. The molecule has 8 heteroatoms. The van der Waals surface area contributed by atoms with Gasteiger partial charge in [-0.15, -0.1) is 11.8 Å². The van der Waals surface area contributed by atoms with Gasteiger partial charge in [-0.05, 0) is 6.42 Å². The van der Waals surface area contributed by atoms with Crippen molar-refractivity contribution in [3.63, 3.8) is 0 Å². The SMILES string of the molecule is CCc1cn([C@H]2S[C@H](CO)[C@@H](O)[C@@H]2O)c(=O)[nH]c1=O. The Labute approximate surface area is 112 Å². The first-order valence-electron chi connectivity index (χ1n) is 5.96. The molecule has 0 saturated carbocycles. The summed E-state index contributed by atoms with van der Waals surface area (Å²) in [6.07, 6.45) is -0.428. The molecule has 7 nitrogen and oxygen atoms in total. The topological polar surface area (TPSA) is 116 Å². The molecular weight excluding hydrogens is 272 g/mol. The Balaban J connectivity index is 2.43. The van der Waals surface area contributed by atoms with Gasteiger partial charge in [-0.25, -0.2) is 4.79 Å². The molecule has 1 aliphatic rings. The number of nitrogens with zero attached hydrogens (tertiary/aromatic N) is 1. The third-order valence-corrected chi connectivity index (χ3v) is 4.78.